The molecule has 1 rings (SSSR count). The van der Waals surface area contributed by atoms with Crippen molar-refractivity contribution in [2.45, 2.75) is 13.3 Å². The van der Waals surface area contributed by atoms with Crippen LogP contribution >= 0.6 is 0 Å². The summed E-state index contributed by atoms with van der Waals surface area (Å²) < 4.78 is 5.18. The van der Waals surface area contributed by atoms with E-state index in [1.165, 1.54) is 11.8 Å². The van der Waals surface area contributed by atoms with Crippen LogP contribution in [0.15, 0.2) is 18.2 Å². The van der Waals surface area contributed by atoms with Crippen molar-refractivity contribution in [1.29, 1.82) is 0 Å². The molecule has 4 nitrogen and oxygen atoms in total. The topological polar surface area (TPSA) is 46.6 Å². The molecule has 1 aromatic rings. The summed E-state index contributed by atoms with van der Waals surface area (Å²) in [5.41, 5.74) is 1.33. The lowest BCUT2D eigenvalue weighted by Crippen LogP contribution is -2.23. The number of nitrogens with zero attached hydrogens (tertiary/aromatic N) is 1. The molecule has 0 heterocycles. The lowest BCUT2D eigenvalue weighted by molar-refractivity contribution is -0.127. The minimum absolute atomic E-state index is 0.0220. The molecule has 0 aliphatic heterocycles. The van der Waals surface area contributed by atoms with Crippen LogP contribution in [0.5, 0.6) is 5.75 Å². The van der Waals surface area contributed by atoms with Gasteiger partial charge in [0.25, 0.3) is 0 Å². The maximum atomic E-state index is 11.6. The third kappa shape index (κ3) is 3.31. The Morgan fingerprint density at radius 3 is 2.41 bits per heavy atom. The number of rotatable bonds is 4. The van der Waals surface area contributed by atoms with Crippen LogP contribution in [0.25, 0.3) is 0 Å². The summed E-state index contributed by atoms with van der Waals surface area (Å²) in [6, 6.07) is 5.13. The molecule has 0 radical (unpaired) electrons. The number of carbonyl (C=O) groups excluding carboxylic acids is 2. The van der Waals surface area contributed by atoms with Crippen molar-refractivity contribution in [3.05, 3.63) is 29.3 Å². The zero-order valence-electron chi connectivity index (χ0n) is 10.6. The first-order valence-electron chi connectivity index (χ1n) is 5.33. The molecule has 0 saturated carbocycles. The Balaban J connectivity index is 3.06. The molecule has 0 N–H and O–H groups in total. The molecule has 0 aliphatic rings. The molecule has 17 heavy (non-hydrogen) atoms. The average Bonchev–Trinajstić information content (AvgIpc) is 2.28. The van der Waals surface area contributed by atoms with Crippen molar-refractivity contribution in [1.82, 2.24) is 4.90 Å². The molecule has 0 aromatic heterocycles. The van der Waals surface area contributed by atoms with Gasteiger partial charge in [-0.05, 0) is 25.1 Å². The van der Waals surface area contributed by atoms with E-state index in [0.29, 0.717) is 11.3 Å². The number of likely N-dealkylation sites (N-methyl/N-ethyl adjacent to an activating group) is 1. The molecule has 0 atom stereocenters. The molecule has 1 amide bonds. The molecular formula is C13H17NO3. The summed E-state index contributed by atoms with van der Waals surface area (Å²) in [7, 11) is 4.94. The van der Waals surface area contributed by atoms with Gasteiger partial charge in [-0.25, -0.2) is 0 Å². The van der Waals surface area contributed by atoms with Crippen LogP contribution < -0.4 is 4.74 Å². The summed E-state index contributed by atoms with van der Waals surface area (Å²) in [6.07, 6.45) is 0.233. The van der Waals surface area contributed by atoms with E-state index in [-0.39, 0.29) is 18.1 Å². The number of ketones is 1. The number of carbonyl (C=O) groups is 2. The first-order valence-corrected chi connectivity index (χ1v) is 5.33. The molecule has 0 spiro atoms. The number of Topliss-reactive ketones (excluding diaryl/α,β-unsaturated/α-hetero) is 1. The van der Waals surface area contributed by atoms with Gasteiger partial charge in [0, 0.05) is 25.2 Å². The Hall–Kier alpha value is -1.84. The summed E-state index contributed by atoms with van der Waals surface area (Å²) >= 11 is 0. The standard InChI is InChI=1S/C13H17NO3/c1-9(15)10-5-6-12(17-4)11(7-10)8-13(16)14(2)3/h5-7H,8H2,1-4H3. The van der Waals surface area contributed by atoms with E-state index in [1.54, 1.807) is 39.4 Å². The fraction of sp³-hybridized carbons (Fsp3) is 0.385. The average molecular weight is 235 g/mol. The first-order chi connectivity index (χ1) is 7.95. The zero-order chi connectivity index (χ0) is 13.0. The SMILES string of the molecule is COc1ccc(C(C)=O)cc1CC(=O)N(C)C. The van der Waals surface area contributed by atoms with Gasteiger partial charge in [-0.3, -0.25) is 9.59 Å². The van der Waals surface area contributed by atoms with E-state index in [0.717, 1.165) is 5.56 Å². The highest BCUT2D eigenvalue weighted by Gasteiger charge is 2.12. The third-order valence-electron chi connectivity index (χ3n) is 2.53. The van der Waals surface area contributed by atoms with E-state index >= 15 is 0 Å². The smallest absolute Gasteiger partial charge is 0.226 e. The van der Waals surface area contributed by atoms with Gasteiger partial charge >= 0.3 is 0 Å². The number of hydrogen-bond donors (Lipinski definition) is 0. The van der Waals surface area contributed by atoms with Crippen LogP contribution in [0.1, 0.15) is 22.8 Å². The summed E-state index contributed by atoms with van der Waals surface area (Å²) in [4.78, 5) is 24.4. The van der Waals surface area contributed by atoms with Crippen molar-refractivity contribution in [2.24, 2.45) is 0 Å². The number of benzene rings is 1. The Morgan fingerprint density at radius 2 is 1.94 bits per heavy atom. The minimum Gasteiger partial charge on any atom is -0.496 e. The van der Waals surface area contributed by atoms with Gasteiger partial charge in [0.15, 0.2) is 5.78 Å². The van der Waals surface area contributed by atoms with Crippen molar-refractivity contribution in [2.75, 3.05) is 21.2 Å². The summed E-state index contributed by atoms with van der Waals surface area (Å²) in [5.74, 6) is 0.584. The predicted molar refractivity (Wildman–Crippen MR) is 65.4 cm³/mol. The van der Waals surface area contributed by atoms with Crippen molar-refractivity contribution in [3.63, 3.8) is 0 Å². The highest BCUT2D eigenvalue weighted by molar-refractivity contribution is 5.94. The summed E-state index contributed by atoms with van der Waals surface area (Å²) in [5, 5.41) is 0. The number of methoxy groups -OCH3 is 1. The highest BCUT2D eigenvalue weighted by atomic mass is 16.5. The van der Waals surface area contributed by atoms with Crippen molar-refractivity contribution in [3.8, 4) is 5.75 Å². The van der Waals surface area contributed by atoms with E-state index in [4.69, 9.17) is 4.74 Å². The fourth-order valence-corrected chi connectivity index (χ4v) is 1.46. The number of amides is 1. The van der Waals surface area contributed by atoms with Gasteiger partial charge in [-0.2, -0.15) is 0 Å². The van der Waals surface area contributed by atoms with Crippen LogP contribution in [0, 0.1) is 0 Å². The second-order valence-corrected chi connectivity index (χ2v) is 4.05. The maximum absolute atomic E-state index is 11.6. The Bertz CT molecular complexity index is 438. The van der Waals surface area contributed by atoms with Crippen LogP contribution in [0.3, 0.4) is 0 Å². The van der Waals surface area contributed by atoms with Crippen LogP contribution in [-0.2, 0) is 11.2 Å². The van der Waals surface area contributed by atoms with Crippen LogP contribution in [-0.4, -0.2) is 37.8 Å². The van der Waals surface area contributed by atoms with E-state index in [2.05, 4.69) is 0 Å². The third-order valence-corrected chi connectivity index (χ3v) is 2.53. The first kappa shape index (κ1) is 13.2. The Labute approximate surface area is 101 Å². The molecule has 0 unspecified atom stereocenters. The van der Waals surface area contributed by atoms with Gasteiger partial charge in [-0.15, -0.1) is 0 Å². The molecule has 0 saturated heterocycles. The molecule has 1 aromatic carbocycles. The quantitative estimate of drug-likeness (QED) is 0.743. The second kappa shape index (κ2) is 5.48. The molecule has 0 aliphatic carbocycles. The molecular weight excluding hydrogens is 218 g/mol. The lowest BCUT2D eigenvalue weighted by atomic mass is 10.0. The van der Waals surface area contributed by atoms with E-state index in [9.17, 15) is 9.59 Å². The lowest BCUT2D eigenvalue weighted by Gasteiger charge is -2.13. The van der Waals surface area contributed by atoms with E-state index < -0.39 is 0 Å². The van der Waals surface area contributed by atoms with Gasteiger partial charge < -0.3 is 9.64 Å². The van der Waals surface area contributed by atoms with Gasteiger partial charge in [0.05, 0.1) is 13.5 Å². The van der Waals surface area contributed by atoms with E-state index in [1.807, 2.05) is 0 Å². The Morgan fingerprint density at radius 1 is 1.29 bits per heavy atom. The van der Waals surface area contributed by atoms with Crippen LogP contribution in [0.4, 0.5) is 0 Å². The van der Waals surface area contributed by atoms with Crippen LogP contribution in [0.2, 0.25) is 0 Å². The second-order valence-electron chi connectivity index (χ2n) is 4.05. The summed E-state index contributed by atoms with van der Waals surface area (Å²) in [6.45, 7) is 1.50. The predicted octanol–water partition coefficient (Wildman–Crippen LogP) is 1.53. The molecule has 0 fully saturated rings. The molecule has 4 heteroatoms. The monoisotopic (exact) mass is 235 g/mol. The molecule has 0 bridgehead atoms. The number of ether oxygens (including phenoxy) is 1. The Kier molecular flexibility index (Phi) is 4.26. The zero-order valence-corrected chi connectivity index (χ0v) is 10.6. The normalized spacial score (nSPS) is 9.88. The highest BCUT2D eigenvalue weighted by Crippen LogP contribution is 2.21. The van der Waals surface area contributed by atoms with Gasteiger partial charge in [-0.1, -0.05) is 0 Å². The number of hydrogen-bond acceptors (Lipinski definition) is 3. The van der Waals surface area contributed by atoms with Gasteiger partial charge in [0.2, 0.25) is 5.91 Å². The maximum Gasteiger partial charge on any atom is 0.226 e. The molecule has 92 valence electrons. The fourth-order valence-electron chi connectivity index (χ4n) is 1.46. The van der Waals surface area contributed by atoms with Crippen molar-refractivity contribution >= 4 is 11.7 Å². The largest absolute Gasteiger partial charge is 0.496 e. The minimum atomic E-state index is -0.0241. The van der Waals surface area contributed by atoms with Gasteiger partial charge in [0.1, 0.15) is 5.75 Å². The van der Waals surface area contributed by atoms with Crippen molar-refractivity contribution < 1.29 is 14.3 Å².